The number of nitrogens with two attached hydrogens (primary N) is 1. The molecule has 2 rings (SSSR count). The molecule has 1 heterocycles. The lowest BCUT2D eigenvalue weighted by Gasteiger charge is -2.11. The van der Waals surface area contributed by atoms with Crippen LogP contribution in [0.4, 0.5) is 11.4 Å². The van der Waals surface area contributed by atoms with Crippen LogP contribution in [0.2, 0.25) is 5.02 Å². The van der Waals surface area contributed by atoms with Crippen molar-refractivity contribution in [1.82, 2.24) is 4.98 Å². The van der Waals surface area contributed by atoms with Crippen molar-refractivity contribution in [3.05, 3.63) is 41.2 Å². The number of rotatable bonds is 4. The van der Waals surface area contributed by atoms with Crippen LogP contribution in [0.1, 0.15) is 17.4 Å². The van der Waals surface area contributed by atoms with Crippen LogP contribution >= 0.6 is 11.6 Å². The van der Waals surface area contributed by atoms with Gasteiger partial charge in [-0.2, -0.15) is 0 Å². The monoisotopic (exact) mass is 279 g/mol. The minimum Gasteiger partial charge on any atom is -0.492 e. The Labute approximate surface area is 115 Å². The zero-order valence-corrected chi connectivity index (χ0v) is 11.1. The Morgan fingerprint density at radius 2 is 2.26 bits per heavy atom. The van der Waals surface area contributed by atoms with Gasteiger partial charge in [-0.25, -0.2) is 0 Å². The second-order valence-electron chi connectivity index (χ2n) is 3.87. The topological polar surface area (TPSA) is 80.1 Å². The van der Waals surface area contributed by atoms with Gasteiger partial charge in [0, 0.05) is 16.9 Å². The first-order valence-corrected chi connectivity index (χ1v) is 6.15. The molecule has 0 aliphatic rings. The number of nitrogens with one attached hydrogen (secondary N) is 2. The molecule has 100 valence electrons. The average Bonchev–Trinajstić information content (AvgIpc) is 2.80. The molecular formula is C13H14ClN3O2. The number of amides is 1. The number of nitrogen functional groups attached to an aromatic ring is 1. The van der Waals surface area contributed by atoms with E-state index in [1.165, 1.54) is 0 Å². The van der Waals surface area contributed by atoms with Crippen molar-refractivity contribution >= 4 is 28.9 Å². The van der Waals surface area contributed by atoms with Gasteiger partial charge < -0.3 is 20.8 Å². The van der Waals surface area contributed by atoms with E-state index in [0.717, 1.165) is 0 Å². The van der Waals surface area contributed by atoms with Gasteiger partial charge in [0.05, 0.1) is 12.3 Å². The van der Waals surface area contributed by atoms with Gasteiger partial charge in [-0.15, -0.1) is 0 Å². The third-order valence-electron chi connectivity index (χ3n) is 2.44. The van der Waals surface area contributed by atoms with Gasteiger partial charge in [-0.1, -0.05) is 11.6 Å². The molecule has 0 aliphatic carbocycles. The molecule has 0 atom stereocenters. The van der Waals surface area contributed by atoms with Gasteiger partial charge in [-0.3, -0.25) is 4.79 Å². The summed E-state index contributed by atoms with van der Waals surface area (Å²) in [5.74, 6) is 0.264. The predicted molar refractivity (Wildman–Crippen MR) is 75.8 cm³/mol. The number of hydrogen-bond donors (Lipinski definition) is 3. The molecule has 0 saturated carbocycles. The summed E-state index contributed by atoms with van der Waals surface area (Å²) in [5.41, 5.74) is 6.95. The number of aromatic amines is 1. The van der Waals surface area contributed by atoms with Crippen LogP contribution < -0.4 is 15.8 Å². The Morgan fingerprint density at radius 1 is 1.47 bits per heavy atom. The highest BCUT2D eigenvalue weighted by molar-refractivity contribution is 6.31. The maximum Gasteiger partial charge on any atom is 0.272 e. The molecular weight excluding hydrogens is 266 g/mol. The van der Waals surface area contributed by atoms with Crippen LogP contribution in [-0.2, 0) is 0 Å². The number of ether oxygens (including phenoxy) is 1. The molecule has 19 heavy (non-hydrogen) atoms. The van der Waals surface area contributed by atoms with E-state index in [9.17, 15) is 4.79 Å². The van der Waals surface area contributed by atoms with Crippen molar-refractivity contribution in [2.45, 2.75) is 6.92 Å². The molecule has 0 aliphatic heterocycles. The van der Waals surface area contributed by atoms with Crippen molar-refractivity contribution < 1.29 is 9.53 Å². The van der Waals surface area contributed by atoms with Crippen LogP contribution in [0, 0.1) is 0 Å². The Balaban J connectivity index is 2.22. The summed E-state index contributed by atoms with van der Waals surface area (Å²) in [6.45, 7) is 2.37. The number of hydrogen-bond acceptors (Lipinski definition) is 3. The van der Waals surface area contributed by atoms with Crippen molar-refractivity contribution in [3.8, 4) is 5.75 Å². The Bertz CT molecular complexity index is 595. The third-order valence-corrected chi connectivity index (χ3v) is 2.67. The average molecular weight is 280 g/mol. The molecule has 1 amide bonds. The van der Waals surface area contributed by atoms with Crippen LogP contribution in [0.3, 0.4) is 0 Å². The first-order valence-electron chi connectivity index (χ1n) is 5.77. The maximum absolute atomic E-state index is 12.0. The molecule has 0 bridgehead atoms. The molecule has 0 saturated heterocycles. The largest absolute Gasteiger partial charge is 0.492 e. The van der Waals surface area contributed by atoms with E-state index in [-0.39, 0.29) is 5.91 Å². The molecule has 1 aromatic heterocycles. The van der Waals surface area contributed by atoms with E-state index in [2.05, 4.69) is 10.3 Å². The standard InChI is InChI=1S/C13H14ClN3O2/c1-2-19-12-4-3-8(14)5-10(12)17-13(18)11-6-9(15)7-16-11/h3-7,16H,2,15H2,1H3,(H,17,18). The molecule has 0 unspecified atom stereocenters. The fourth-order valence-corrected chi connectivity index (χ4v) is 1.79. The van der Waals surface area contributed by atoms with E-state index in [1.54, 1.807) is 30.5 Å². The molecule has 0 spiro atoms. The van der Waals surface area contributed by atoms with E-state index in [0.29, 0.717) is 34.4 Å². The van der Waals surface area contributed by atoms with Crippen molar-refractivity contribution in [1.29, 1.82) is 0 Å². The quantitative estimate of drug-likeness (QED) is 0.805. The molecule has 6 heteroatoms. The minimum absolute atomic E-state index is 0.306. The van der Waals surface area contributed by atoms with Crippen molar-refractivity contribution in [2.75, 3.05) is 17.7 Å². The highest BCUT2D eigenvalue weighted by atomic mass is 35.5. The Kier molecular flexibility index (Phi) is 3.97. The van der Waals surface area contributed by atoms with Crippen LogP contribution in [-0.4, -0.2) is 17.5 Å². The lowest BCUT2D eigenvalue weighted by molar-refractivity contribution is 0.102. The van der Waals surface area contributed by atoms with Gasteiger partial charge in [-0.05, 0) is 31.2 Å². The van der Waals surface area contributed by atoms with Gasteiger partial charge >= 0.3 is 0 Å². The SMILES string of the molecule is CCOc1ccc(Cl)cc1NC(=O)c1cc(N)c[nH]1. The number of carbonyl (C=O) groups is 1. The van der Waals surface area contributed by atoms with Gasteiger partial charge in [0.1, 0.15) is 11.4 Å². The molecule has 0 fully saturated rings. The van der Waals surface area contributed by atoms with Crippen molar-refractivity contribution in [3.63, 3.8) is 0 Å². The summed E-state index contributed by atoms with van der Waals surface area (Å²) < 4.78 is 5.43. The smallest absolute Gasteiger partial charge is 0.272 e. The second-order valence-corrected chi connectivity index (χ2v) is 4.31. The summed E-state index contributed by atoms with van der Waals surface area (Å²) in [6, 6.07) is 6.61. The zero-order valence-electron chi connectivity index (χ0n) is 10.4. The summed E-state index contributed by atoms with van der Waals surface area (Å²) in [7, 11) is 0. The number of halogens is 1. The molecule has 5 nitrogen and oxygen atoms in total. The fourth-order valence-electron chi connectivity index (χ4n) is 1.61. The van der Waals surface area contributed by atoms with Crippen molar-refractivity contribution in [2.24, 2.45) is 0 Å². The lowest BCUT2D eigenvalue weighted by atomic mass is 10.2. The normalized spacial score (nSPS) is 10.2. The molecule has 4 N–H and O–H groups in total. The maximum atomic E-state index is 12.0. The molecule has 0 radical (unpaired) electrons. The number of carbonyl (C=O) groups excluding carboxylic acids is 1. The fraction of sp³-hybridized carbons (Fsp3) is 0.154. The van der Waals surface area contributed by atoms with E-state index in [1.807, 2.05) is 6.92 Å². The van der Waals surface area contributed by atoms with E-state index >= 15 is 0 Å². The van der Waals surface area contributed by atoms with E-state index < -0.39 is 0 Å². The first kappa shape index (κ1) is 13.3. The van der Waals surface area contributed by atoms with Crippen LogP contribution in [0.15, 0.2) is 30.5 Å². The summed E-state index contributed by atoms with van der Waals surface area (Å²) >= 11 is 5.92. The summed E-state index contributed by atoms with van der Waals surface area (Å²) in [6.07, 6.45) is 1.55. The Morgan fingerprint density at radius 3 is 2.89 bits per heavy atom. The summed E-state index contributed by atoms with van der Waals surface area (Å²) in [5, 5.41) is 3.25. The summed E-state index contributed by atoms with van der Waals surface area (Å²) in [4.78, 5) is 14.8. The number of H-pyrrole nitrogens is 1. The molecule has 1 aromatic carbocycles. The van der Waals surface area contributed by atoms with Crippen LogP contribution in [0.5, 0.6) is 5.75 Å². The highest BCUT2D eigenvalue weighted by Gasteiger charge is 2.12. The zero-order chi connectivity index (χ0) is 13.8. The third kappa shape index (κ3) is 3.20. The number of aromatic nitrogens is 1. The number of benzene rings is 1. The van der Waals surface area contributed by atoms with Crippen LogP contribution in [0.25, 0.3) is 0 Å². The first-order chi connectivity index (χ1) is 9.10. The number of anilines is 2. The van der Waals surface area contributed by atoms with Gasteiger partial charge in [0.15, 0.2) is 0 Å². The predicted octanol–water partition coefficient (Wildman–Crippen LogP) is 2.90. The van der Waals surface area contributed by atoms with E-state index in [4.69, 9.17) is 22.1 Å². The molecule has 2 aromatic rings. The minimum atomic E-state index is -0.306. The second kappa shape index (κ2) is 5.67. The van der Waals surface area contributed by atoms with Gasteiger partial charge in [0.25, 0.3) is 5.91 Å². The highest BCUT2D eigenvalue weighted by Crippen LogP contribution is 2.28. The van der Waals surface area contributed by atoms with Gasteiger partial charge in [0.2, 0.25) is 0 Å². The Hall–Kier alpha value is -2.14. The lowest BCUT2D eigenvalue weighted by Crippen LogP contribution is -2.13.